The molecule has 1 rings (SSSR count). The van der Waals surface area contributed by atoms with Gasteiger partial charge in [0.1, 0.15) is 12.3 Å². The number of hydrogen-bond donors (Lipinski definition) is 0. The number of benzene rings is 1. The zero-order chi connectivity index (χ0) is 17.7. The van der Waals surface area contributed by atoms with Crippen molar-refractivity contribution in [2.75, 3.05) is 27.7 Å². The monoisotopic (exact) mass is 334 g/mol. The summed E-state index contributed by atoms with van der Waals surface area (Å²) in [7, 11) is 6.41. The summed E-state index contributed by atoms with van der Waals surface area (Å²) in [6, 6.07) is 8.51. The number of ether oxygens (including phenoxy) is 1. The van der Waals surface area contributed by atoms with Crippen LogP contribution in [0.3, 0.4) is 0 Å². The van der Waals surface area contributed by atoms with Crippen molar-refractivity contribution in [1.82, 2.24) is 0 Å². The second kappa shape index (κ2) is 12.4. The van der Waals surface area contributed by atoms with Crippen LogP contribution in [0.15, 0.2) is 24.3 Å². The van der Waals surface area contributed by atoms with Crippen LogP contribution in [0, 0.1) is 0 Å². The Bertz CT molecular complexity index is 410. The average Bonchev–Trinajstić information content (AvgIpc) is 2.57. The van der Waals surface area contributed by atoms with Crippen LogP contribution in [0.25, 0.3) is 0 Å². The Labute approximate surface area is 150 Å². The summed E-state index contributed by atoms with van der Waals surface area (Å²) < 4.78 is 6.31. The molecule has 0 aromatic heterocycles. The predicted octanol–water partition coefficient (Wildman–Crippen LogP) is 6.19. The van der Waals surface area contributed by atoms with Crippen molar-refractivity contribution in [3.8, 4) is 5.75 Å². The molecule has 0 saturated heterocycles. The number of unbranched alkanes of at least 4 members (excludes halogenated alkanes) is 9. The molecule has 0 aliphatic heterocycles. The van der Waals surface area contributed by atoms with Crippen molar-refractivity contribution in [2.45, 2.75) is 77.7 Å². The van der Waals surface area contributed by atoms with Crippen molar-refractivity contribution >= 4 is 0 Å². The predicted molar refractivity (Wildman–Crippen MR) is 106 cm³/mol. The summed E-state index contributed by atoms with van der Waals surface area (Å²) >= 11 is 0. The van der Waals surface area contributed by atoms with E-state index < -0.39 is 0 Å². The summed E-state index contributed by atoms with van der Waals surface area (Å²) in [5, 5.41) is 0. The number of methoxy groups -OCH3 is 1. The van der Waals surface area contributed by atoms with Gasteiger partial charge in [-0.25, -0.2) is 0 Å². The molecule has 1 aromatic rings. The lowest BCUT2D eigenvalue weighted by Gasteiger charge is -2.30. The van der Waals surface area contributed by atoms with Crippen molar-refractivity contribution in [1.29, 1.82) is 0 Å². The molecular formula is C22H40NO+. The van der Waals surface area contributed by atoms with Gasteiger partial charge in [0.15, 0.2) is 0 Å². The molecule has 0 atom stereocenters. The second-order valence-electron chi connectivity index (χ2n) is 7.85. The topological polar surface area (TPSA) is 9.23 Å². The molecule has 0 spiro atoms. The van der Waals surface area contributed by atoms with E-state index in [1.54, 1.807) is 7.11 Å². The highest BCUT2D eigenvalue weighted by molar-refractivity contribution is 5.26. The van der Waals surface area contributed by atoms with Crippen molar-refractivity contribution in [3.05, 3.63) is 29.8 Å². The Morgan fingerprint density at radius 2 is 1.25 bits per heavy atom. The minimum atomic E-state index is 0.943. The molecule has 0 unspecified atom stereocenters. The first-order valence-corrected chi connectivity index (χ1v) is 10.0. The maximum atomic E-state index is 5.23. The molecule has 0 N–H and O–H groups in total. The van der Waals surface area contributed by atoms with Gasteiger partial charge < -0.3 is 9.22 Å². The van der Waals surface area contributed by atoms with E-state index >= 15 is 0 Å². The molecule has 24 heavy (non-hydrogen) atoms. The van der Waals surface area contributed by atoms with Gasteiger partial charge in [0.25, 0.3) is 0 Å². The molecular weight excluding hydrogens is 294 g/mol. The van der Waals surface area contributed by atoms with Crippen LogP contribution in [0.5, 0.6) is 5.75 Å². The molecule has 138 valence electrons. The van der Waals surface area contributed by atoms with Crippen LogP contribution >= 0.6 is 0 Å². The van der Waals surface area contributed by atoms with E-state index in [9.17, 15) is 0 Å². The molecule has 0 aliphatic carbocycles. The first kappa shape index (κ1) is 21.0. The highest BCUT2D eigenvalue weighted by Gasteiger charge is 2.15. The van der Waals surface area contributed by atoms with E-state index in [2.05, 4.69) is 45.3 Å². The standard InChI is InChI=1S/C22H40NO/c1-5-6-7-8-9-10-11-12-13-14-19-23(2,3)20-21-15-17-22(24-4)18-16-21/h15-18H,5-14,19-20H2,1-4H3/q+1. The van der Waals surface area contributed by atoms with Gasteiger partial charge in [-0.05, 0) is 37.1 Å². The average molecular weight is 335 g/mol. The highest BCUT2D eigenvalue weighted by atomic mass is 16.5. The van der Waals surface area contributed by atoms with Crippen molar-refractivity contribution in [2.24, 2.45) is 0 Å². The number of rotatable bonds is 14. The van der Waals surface area contributed by atoms with Gasteiger partial charge in [0.2, 0.25) is 0 Å². The van der Waals surface area contributed by atoms with Crippen LogP contribution in [0.4, 0.5) is 0 Å². The molecule has 0 amide bonds. The molecule has 0 saturated carbocycles. The lowest BCUT2D eigenvalue weighted by molar-refractivity contribution is -0.903. The lowest BCUT2D eigenvalue weighted by atomic mass is 10.1. The molecule has 0 radical (unpaired) electrons. The quantitative estimate of drug-likeness (QED) is 0.291. The fraction of sp³-hybridized carbons (Fsp3) is 0.727. The van der Waals surface area contributed by atoms with Gasteiger partial charge in [-0.2, -0.15) is 0 Å². The maximum absolute atomic E-state index is 5.23. The minimum absolute atomic E-state index is 0.943. The first-order chi connectivity index (χ1) is 11.6. The van der Waals surface area contributed by atoms with Gasteiger partial charge in [-0.1, -0.05) is 58.3 Å². The molecule has 1 aromatic carbocycles. The molecule has 0 bridgehead atoms. The maximum Gasteiger partial charge on any atom is 0.118 e. The van der Waals surface area contributed by atoms with Crippen molar-refractivity contribution in [3.63, 3.8) is 0 Å². The Hall–Kier alpha value is -1.02. The van der Waals surface area contributed by atoms with E-state index in [4.69, 9.17) is 4.74 Å². The normalized spacial score (nSPS) is 11.7. The fourth-order valence-corrected chi connectivity index (χ4v) is 3.33. The van der Waals surface area contributed by atoms with Crippen LogP contribution in [0.2, 0.25) is 0 Å². The molecule has 2 heteroatoms. The van der Waals surface area contributed by atoms with Crippen molar-refractivity contribution < 1.29 is 9.22 Å². The number of hydrogen-bond acceptors (Lipinski definition) is 1. The zero-order valence-electron chi connectivity index (χ0n) is 16.7. The SMILES string of the molecule is CCCCCCCCCCCC[N+](C)(C)Cc1ccc(OC)cc1. The van der Waals surface area contributed by atoms with Crippen LogP contribution in [-0.2, 0) is 6.54 Å². The summed E-state index contributed by atoms with van der Waals surface area (Å²) in [5.41, 5.74) is 1.40. The van der Waals surface area contributed by atoms with Crippen LogP contribution in [0.1, 0.15) is 76.7 Å². The summed E-state index contributed by atoms with van der Waals surface area (Å²) in [5.74, 6) is 0.943. The summed E-state index contributed by atoms with van der Waals surface area (Å²) in [4.78, 5) is 0. The fourth-order valence-electron chi connectivity index (χ4n) is 3.33. The summed E-state index contributed by atoms with van der Waals surface area (Å²) in [6.07, 6.45) is 14.1. The van der Waals surface area contributed by atoms with Gasteiger partial charge in [0.05, 0.1) is 27.7 Å². The minimum Gasteiger partial charge on any atom is -0.497 e. The van der Waals surface area contributed by atoms with E-state index in [-0.39, 0.29) is 0 Å². The largest absolute Gasteiger partial charge is 0.497 e. The van der Waals surface area contributed by atoms with Gasteiger partial charge in [0, 0.05) is 5.56 Å². The van der Waals surface area contributed by atoms with Gasteiger partial charge in [-0.3, -0.25) is 0 Å². The molecule has 0 heterocycles. The Balaban J connectivity index is 2.08. The number of nitrogens with zero attached hydrogens (tertiary/aromatic N) is 1. The third-order valence-electron chi connectivity index (χ3n) is 4.89. The molecule has 2 nitrogen and oxygen atoms in total. The highest BCUT2D eigenvalue weighted by Crippen LogP contribution is 2.16. The first-order valence-electron chi connectivity index (χ1n) is 10.0. The van der Waals surface area contributed by atoms with Crippen LogP contribution < -0.4 is 4.74 Å². The van der Waals surface area contributed by atoms with Crippen LogP contribution in [-0.4, -0.2) is 32.2 Å². The number of quaternary nitrogens is 1. The third kappa shape index (κ3) is 9.97. The third-order valence-corrected chi connectivity index (χ3v) is 4.89. The van der Waals surface area contributed by atoms with E-state index in [0.29, 0.717) is 0 Å². The Kier molecular flexibility index (Phi) is 10.8. The molecule has 0 fully saturated rings. The lowest BCUT2D eigenvalue weighted by Crippen LogP contribution is -2.39. The van der Waals surface area contributed by atoms with E-state index in [1.165, 1.54) is 76.3 Å². The Morgan fingerprint density at radius 1 is 0.750 bits per heavy atom. The van der Waals surface area contributed by atoms with Gasteiger partial charge in [-0.15, -0.1) is 0 Å². The Morgan fingerprint density at radius 3 is 1.75 bits per heavy atom. The van der Waals surface area contributed by atoms with E-state index in [1.807, 2.05) is 0 Å². The smallest absolute Gasteiger partial charge is 0.118 e. The molecule has 0 aliphatic rings. The van der Waals surface area contributed by atoms with E-state index in [0.717, 1.165) is 16.8 Å². The second-order valence-corrected chi connectivity index (χ2v) is 7.85. The zero-order valence-corrected chi connectivity index (χ0v) is 16.7. The summed E-state index contributed by atoms with van der Waals surface area (Å²) in [6.45, 7) is 4.65. The van der Waals surface area contributed by atoms with Gasteiger partial charge >= 0.3 is 0 Å².